The zero-order valence-electron chi connectivity index (χ0n) is 19.9. The quantitative estimate of drug-likeness (QED) is 0.403. The highest BCUT2D eigenvalue weighted by molar-refractivity contribution is 8.00. The number of ether oxygens (including phenoxy) is 1. The number of hydrogen-bond donors (Lipinski definition) is 0. The van der Waals surface area contributed by atoms with Crippen LogP contribution in [0.5, 0.6) is 0 Å². The lowest BCUT2D eigenvalue weighted by atomic mass is 9.86. The molecule has 1 fully saturated rings. The molecule has 0 bridgehead atoms. The second-order valence-electron chi connectivity index (χ2n) is 10.4. The van der Waals surface area contributed by atoms with Crippen molar-refractivity contribution in [1.82, 2.24) is 9.88 Å². The minimum Gasteiger partial charge on any atom is -0.444 e. The maximum Gasteiger partial charge on any atom is 0.446 e. The molecule has 0 radical (unpaired) electrons. The van der Waals surface area contributed by atoms with Gasteiger partial charge in [0.25, 0.3) is 0 Å². The first-order valence-corrected chi connectivity index (χ1v) is 12.7. The first kappa shape index (κ1) is 25.9. The zero-order chi connectivity index (χ0) is 24.6. The van der Waals surface area contributed by atoms with E-state index in [1.807, 2.05) is 53.0 Å². The van der Waals surface area contributed by atoms with Gasteiger partial charge in [-0.05, 0) is 74.6 Å². The van der Waals surface area contributed by atoms with E-state index in [-0.39, 0.29) is 34.1 Å². The van der Waals surface area contributed by atoms with Crippen LogP contribution in [0.4, 0.5) is 18.0 Å². The summed E-state index contributed by atoms with van der Waals surface area (Å²) in [6.07, 6.45) is 1.27. The number of piperidine rings is 1. The van der Waals surface area contributed by atoms with Gasteiger partial charge in [0.2, 0.25) is 0 Å². The van der Waals surface area contributed by atoms with Gasteiger partial charge >= 0.3 is 11.6 Å². The summed E-state index contributed by atoms with van der Waals surface area (Å²) in [6, 6.07) is 5.11. The number of aromatic nitrogens is 1. The number of rotatable bonds is 3. The standard InChI is InChI=1S/C24H31F3N2O2S2/c1-22(2,3)17-11-16(12-18(13-17)33-24(25,26)27)19-14-32-20(28-19)15-7-9-29(10-8-15)21(30)31-23(4,5)6/h11-15H,7-10H2,1-6H3. The van der Waals surface area contributed by atoms with Crippen LogP contribution >= 0.6 is 23.1 Å². The predicted octanol–water partition coefficient (Wildman–Crippen LogP) is 7.83. The van der Waals surface area contributed by atoms with Crippen molar-refractivity contribution >= 4 is 29.2 Å². The molecule has 2 aromatic rings. The van der Waals surface area contributed by atoms with Crippen LogP contribution in [-0.4, -0.2) is 40.2 Å². The third-order valence-corrected chi connectivity index (χ3v) is 7.03. The monoisotopic (exact) mass is 500 g/mol. The van der Waals surface area contributed by atoms with E-state index >= 15 is 0 Å². The van der Waals surface area contributed by atoms with E-state index in [2.05, 4.69) is 0 Å². The van der Waals surface area contributed by atoms with Gasteiger partial charge in [0.15, 0.2) is 0 Å². The number of carbonyl (C=O) groups excluding carboxylic acids is 1. The number of amides is 1. The summed E-state index contributed by atoms with van der Waals surface area (Å²) in [7, 11) is 0. The fourth-order valence-electron chi connectivity index (χ4n) is 3.62. The summed E-state index contributed by atoms with van der Waals surface area (Å²) < 4.78 is 44.6. The van der Waals surface area contributed by atoms with Gasteiger partial charge in [-0.3, -0.25) is 0 Å². The third-order valence-electron chi connectivity index (χ3n) is 5.32. The Labute approximate surface area is 201 Å². The SMILES string of the molecule is CC(C)(C)OC(=O)N1CCC(c2nc(-c3cc(SC(F)(F)F)cc(C(C)(C)C)c3)cs2)CC1. The van der Waals surface area contributed by atoms with Gasteiger partial charge in [0.05, 0.1) is 10.7 Å². The van der Waals surface area contributed by atoms with E-state index in [1.54, 1.807) is 17.0 Å². The van der Waals surface area contributed by atoms with Crippen LogP contribution in [0.3, 0.4) is 0 Å². The first-order chi connectivity index (χ1) is 15.1. The lowest BCUT2D eigenvalue weighted by Crippen LogP contribution is -2.41. The third kappa shape index (κ3) is 7.37. The highest BCUT2D eigenvalue weighted by atomic mass is 32.2. The Balaban J connectivity index is 1.76. The molecule has 33 heavy (non-hydrogen) atoms. The molecule has 1 aromatic heterocycles. The Kier molecular flexibility index (Phi) is 7.44. The molecule has 0 N–H and O–H groups in total. The van der Waals surface area contributed by atoms with Crippen LogP contribution in [0, 0.1) is 0 Å². The topological polar surface area (TPSA) is 42.4 Å². The normalized spacial score (nSPS) is 16.2. The molecule has 4 nitrogen and oxygen atoms in total. The van der Waals surface area contributed by atoms with Crippen molar-refractivity contribution in [2.45, 2.75) is 81.7 Å². The van der Waals surface area contributed by atoms with Gasteiger partial charge < -0.3 is 9.64 Å². The van der Waals surface area contributed by atoms with Crippen molar-refractivity contribution in [1.29, 1.82) is 0 Å². The van der Waals surface area contributed by atoms with Crippen LogP contribution < -0.4 is 0 Å². The van der Waals surface area contributed by atoms with E-state index in [1.165, 1.54) is 11.3 Å². The van der Waals surface area contributed by atoms with Crippen molar-refractivity contribution in [2.75, 3.05) is 13.1 Å². The maximum atomic E-state index is 13.0. The number of nitrogens with zero attached hydrogens (tertiary/aromatic N) is 2. The number of carbonyl (C=O) groups is 1. The lowest BCUT2D eigenvalue weighted by molar-refractivity contribution is -0.0328. The Bertz CT molecular complexity index is 983. The molecule has 1 saturated heterocycles. The predicted molar refractivity (Wildman–Crippen MR) is 128 cm³/mol. The fraction of sp³-hybridized carbons (Fsp3) is 0.583. The van der Waals surface area contributed by atoms with Crippen molar-refractivity contribution in [3.63, 3.8) is 0 Å². The van der Waals surface area contributed by atoms with Gasteiger partial charge in [-0.15, -0.1) is 11.3 Å². The molecule has 0 saturated carbocycles. The number of likely N-dealkylation sites (tertiary alicyclic amines) is 1. The molecule has 1 amide bonds. The van der Waals surface area contributed by atoms with Crippen molar-refractivity contribution < 1.29 is 22.7 Å². The minimum absolute atomic E-state index is 0.0923. The van der Waals surface area contributed by atoms with E-state index in [0.29, 0.717) is 24.3 Å². The molecular formula is C24H31F3N2O2S2. The Morgan fingerprint density at radius 1 is 1.09 bits per heavy atom. The number of benzene rings is 1. The van der Waals surface area contributed by atoms with Gasteiger partial charge in [-0.25, -0.2) is 9.78 Å². The van der Waals surface area contributed by atoms with Crippen LogP contribution in [0.2, 0.25) is 0 Å². The zero-order valence-corrected chi connectivity index (χ0v) is 21.5. The van der Waals surface area contributed by atoms with Crippen LogP contribution in [0.1, 0.15) is 70.9 Å². The minimum atomic E-state index is -4.34. The fourth-order valence-corrected chi connectivity index (χ4v) is 5.26. The molecule has 182 valence electrons. The average molecular weight is 501 g/mol. The molecule has 0 unspecified atom stereocenters. The molecule has 2 heterocycles. The summed E-state index contributed by atoms with van der Waals surface area (Å²) >= 11 is 1.44. The van der Waals surface area contributed by atoms with Crippen LogP contribution in [-0.2, 0) is 10.2 Å². The summed E-state index contributed by atoms with van der Waals surface area (Å²) in [5, 5.41) is 2.87. The molecule has 0 atom stereocenters. The van der Waals surface area contributed by atoms with E-state index in [0.717, 1.165) is 23.4 Å². The Morgan fingerprint density at radius 2 is 1.73 bits per heavy atom. The average Bonchev–Trinajstić information content (AvgIpc) is 3.15. The Hall–Kier alpha value is -1.74. The van der Waals surface area contributed by atoms with Crippen LogP contribution in [0.15, 0.2) is 28.5 Å². The Morgan fingerprint density at radius 3 is 2.27 bits per heavy atom. The highest BCUT2D eigenvalue weighted by Crippen LogP contribution is 2.41. The molecule has 1 aliphatic rings. The molecule has 0 aliphatic carbocycles. The number of hydrogen-bond acceptors (Lipinski definition) is 5. The first-order valence-electron chi connectivity index (χ1n) is 11.0. The molecule has 1 aromatic carbocycles. The molecular weight excluding hydrogens is 469 g/mol. The molecule has 1 aliphatic heterocycles. The van der Waals surface area contributed by atoms with E-state index < -0.39 is 11.1 Å². The summed E-state index contributed by atoms with van der Waals surface area (Å²) in [6.45, 7) is 12.7. The van der Waals surface area contributed by atoms with Gasteiger partial charge in [-0.2, -0.15) is 13.2 Å². The smallest absolute Gasteiger partial charge is 0.444 e. The van der Waals surface area contributed by atoms with Crippen molar-refractivity contribution in [3.8, 4) is 11.3 Å². The summed E-state index contributed by atoms with van der Waals surface area (Å²) in [4.78, 5) is 19.0. The molecule has 0 spiro atoms. The second-order valence-corrected chi connectivity index (χ2v) is 12.4. The maximum absolute atomic E-state index is 13.0. The number of halogens is 3. The van der Waals surface area contributed by atoms with E-state index in [4.69, 9.17) is 9.72 Å². The summed E-state index contributed by atoms with van der Waals surface area (Å²) in [5.74, 6) is 0.220. The van der Waals surface area contributed by atoms with Crippen molar-refractivity contribution in [3.05, 3.63) is 34.2 Å². The van der Waals surface area contributed by atoms with E-state index in [9.17, 15) is 18.0 Å². The van der Waals surface area contributed by atoms with Crippen LogP contribution in [0.25, 0.3) is 11.3 Å². The number of thioether (sulfide) groups is 1. The molecule has 9 heteroatoms. The summed E-state index contributed by atoms with van der Waals surface area (Å²) in [5.41, 5.74) is -2.93. The highest BCUT2D eigenvalue weighted by Gasteiger charge is 2.31. The lowest BCUT2D eigenvalue weighted by Gasteiger charge is -2.32. The number of thiazole rings is 1. The van der Waals surface area contributed by atoms with Gasteiger partial charge in [0.1, 0.15) is 5.60 Å². The van der Waals surface area contributed by atoms with Gasteiger partial charge in [-0.1, -0.05) is 20.8 Å². The largest absolute Gasteiger partial charge is 0.446 e. The molecule has 3 rings (SSSR count). The number of alkyl halides is 3. The van der Waals surface area contributed by atoms with Gasteiger partial charge in [0, 0.05) is 34.8 Å². The van der Waals surface area contributed by atoms with Crippen molar-refractivity contribution in [2.24, 2.45) is 0 Å². The second kappa shape index (κ2) is 9.49.